The van der Waals surface area contributed by atoms with E-state index in [0.717, 1.165) is 12.1 Å². The van der Waals surface area contributed by atoms with Crippen molar-refractivity contribution in [2.24, 2.45) is 0 Å². The number of hydrogen-bond acceptors (Lipinski definition) is 2. The maximum atomic E-state index is 13.4. The number of rotatable bonds is 1. The zero-order chi connectivity index (χ0) is 11.7. The van der Waals surface area contributed by atoms with E-state index in [9.17, 15) is 8.78 Å². The van der Waals surface area contributed by atoms with E-state index in [-0.39, 0.29) is 11.3 Å². The fraction of sp³-hybridized carbons (Fsp3) is 0. The third-order valence-corrected chi connectivity index (χ3v) is 2.18. The number of phenols is 2. The molecule has 0 saturated heterocycles. The molecule has 0 amide bonds. The second kappa shape index (κ2) is 3.81. The third-order valence-electron chi connectivity index (χ3n) is 2.18. The van der Waals surface area contributed by atoms with Crippen molar-refractivity contribution in [2.45, 2.75) is 0 Å². The van der Waals surface area contributed by atoms with Crippen molar-refractivity contribution in [1.82, 2.24) is 0 Å². The van der Waals surface area contributed by atoms with E-state index >= 15 is 0 Å². The zero-order valence-corrected chi connectivity index (χ0v) is 8.11. The molecule has 2 aromatic carbocycles. The molecule has 2 rings (SSSR count). The third kappa shape index (κ3) is 1.82. The van der Waals surface area contributed by atoms with E-state index in [2.05, 4.69) is 0 Å². The maximum Gasteiger partial charge on any atom is 0.137 e. The van der Waals surface area contributed by atoms with Crippen LogP contribution in [0.3, 0.4) is 0 Å². The summed E-state index contributed by atoms with van der Waals surface area (Å²) < 4.78 is 26.9. The van der Waals surface area contributed by atoms with Crippen molar-refractivity contribution in [1.29, 1.82) is 0 Å². The summed E-state index contributed by atoms with van der Waals surface area (Å²) >= 11 is 0. The van der Waals surface area contributed by atoms with Crippen molar-refractivity contribution >= 4 is 0 Å². The molecule has 2 N–H and O–H groups in total. The highest BCUT2D eigenvalue weighted by molar-refractivity contribution is 5.66. The van der Waals surface area contributed by atoms with E-state index in [0.29, 0.717) is 5.56 Å². The van der Waals surface area contributed by atoms with Crippen LogP contribution in [-0.2, 0) is 0 Å². The van der Waals surface area contributed by atoms with E-state index in [1.54, 1.807) is 0 Å². The maximum absolute atomic E-state index is 13.4. The van der Waals surface area contributed by atoms with Crippen LogP contribution in [0.4, 0.5) is 8.78 Å². The van der Waals surface area contributed by atoms with Crippen molar-refractivity contribution < 1.29 is 19.0 Å². The fourth-order valence-corrected chi connectivity index (χ4v) is 1.46. The molecule has 0 saturated carbocycles. The Hall–Kier alpha value is -2.10. The molecule has 0 fully saturated rings. The smallest absolute Gasteiger partial charge is 0.137 e. The molecular weight excluding hydrogens is 214 g/mol. The van der Waals surface area contributed by atoms with Gasteiger partial charge in [0.15, 0.2) is 0 Å². The second-order valence-electron chi connectivity index (χ2n) is 3.33. The van der Waals surface area contributed by atoms with Crippen LogP contribution in [0.1, 0.15) is 0 Å². The fourth-order valence-electron chi connectivity index (χ4n) is 1.46. The average molecular weight is 222 g/mol. The Morgan fingerprint density at radius 1 is 0.750 bits per heavy atom. The van der Waals surface area contributed by atoms with Gasteiger partial charge in [-0.1, -0.05) is 12.1 Å². The van der Waals surface area contributed by atoms with Crippen LogP contribution in [-0.4, -0.2) is 10.2 Å². The summed E-state index contributed by atoms with van der Waals surface area (Å²) in [6, 6.07) is 7.14. The van der Waals surface area contributed by atoms with Gasteiger partial charge in [-0.3, -0.25) is 0 Å². The molecular formula is C12H8F2O2. The van der Waals surface area contributed by atoms with Crippen LogP contribution in [0.25, 0.3) is 11.1 Å². The Labute approximate surface area is 90.4 Å². The Bertz CT molecular complexity index is 498. The summed E-state index contributed by atoms with van der Waals surface area (Å²) in [6.07, 6.45) is 0. The molecule has 2 aromatic rings. The lowest BCUT2D eigenvalue weighted by Crippen LogP contribution is -1.89. The highest BCUT2D eigenvalue weighted by Gasteiger charge is 2.12. The van der Waals surface area contributed by atoms with Gasteiger partial charge >= 0.3 is 0 Å². The number of halogens is 2. The van der Waals surface area contributed by atoms with Gasteiger partial charge in [0, 0.05) is 12.1 Å². The van der Waals surface area contributed by atoms with Crippen molar-refractivity contribution in [3.8, 4) is 22.6 Å². The van der Waals surface area contributed by atoms with Gasteiger partial charge < -0.3 is 10.2 Å². The molecule has 0 radical (unpaired) electrons. The number of aromatic hydroxyl groups is 2. The SMILES string of the molecule is Oc1ccc(-c2c(F)cc(O)cc2F)cc1. The lowest BCUT2D eigenvalue weighted by atomic mass is 10.0. The summed E-state index contributed by atoms with van der Waals surface area (Å²) in [6.45, 7) is 0. The van der Waals surface area contributed by atoms with E-state index < -0.39 is 17.4 Å². The van der Waals surface area contributed by atoms with E-state index in [1.165, 1.54) is 24.3 Å². The predicted octanol–water partition coefficient (Wildman–Crippen LogP) is 3.04. The summed E-state index contributed by atoms with van der Waals surface area (Å²) in [5.74, 6) is -2.13. The van der Waals surface area contributed by atoms with E-state index in [4.69, 9.17) is 10.2 Å². The van der Waals surface area contributed by atoms with Crippen LogP contribution in [0.2, 0.25) is 0 Å². The first kappa shape index (κ1) is 10.4. The molecule has 16 heavy (non-hydrogen) atoms. The first-order valence-electron chi connectivity index (χ1n) is 4.55. The van der Waals surface area contributed by atoms with Gasteiger partial charge in [0.25, 0.3) is 0 Å². The number of phenolic OH excluding ortho intramolecular Hbond substituents is 2. The lowest BCUT2D eigenvalue weighted by Gasteiger charge is -2.06. The van der Waals surface area contributed by atoms with Gasteiger partial charge in [0.05, 0.1) is 5.56 Å². The van der Waals surface area contributed by atoms with Crippen molar-refractivity contribution in [3.05, 3.63) is 48.0 Å². The van der Waals surface area contributed by atoms with Crippen LogP contribution in [0.15, 0.2) is 36.4 Å². The normalized spacial score (nSPS) is 10.4. The summed E-state index contributed by atoms with van der Waals surface area (Å²) in [5.41, 5.74) is 0.0746. The molecule has 0 aromatic heterocycles. The monoisotopic (exact) mass is 222 g/mol. The van der Waals surface area contributed by atoms with Crippen LogP contribution in [0, 0.1) is 11.6 Å². The molecule has 4 heteroatoms. The Morgan fingerprint density at radius 3 is 1.75 bits per heavy atom. The average Bonchev–Trinajstić information content (AvgIpc) is 2.19. The molecule has 0 heterocycles. The molecule has 0 spiro atoms. The molecule has 0 bridgehead atoms. The van der Waals surface area contributed by atoms with Crippen molar-refractivity contribution in [3.63, 3.8) is 0 Å². The van der Waals surface area contributed by atoms with Crippen LogP contribution >= 0.6 is 0 Å². The predicted molar refractivity (Wildman–Crippen MR) is 55.1 cm³/mol. The minimum atomic E-state index is -0.844. The molecule has 0 aliphatic rings. The highest BCUT2D eigenvalue weighted by Crippen LogP contribution is 2.30. The molecule has 0 atom stereocenters. The highest BCUT2D eigenvalue weighted by atomic mass is 19.1. The zero-order valence-electron chi connectivity index (χ0n) is 8.11. The first-order chi connectivity index (χ1) is 7.58. The van der Waals surface area contributed by atoms with Gasteiger partial charge in [-0.05, 0) is 17.7 Å². The standard InChI is InChI=1S/C12H8F2O2/c13-10-5-9(16)6-11(14)12(10)7-1-3-8(15)4-2-7/h1-6,15-16H. The Morgan fingerprint density at radius 2 is 1.25 bits per heavy atom. The van der Waals surface area contributed by atoms with Gasteiger partial charge in [0.2, 0.25) is 0 Å². The molecule has 0 unspecified atom stereocenters. The second-order valence-corrected chi connectivity index (χ2v) is 3.33. The minimum Gasteiger partial charge on any atom is -0.508 e. The lowest BCUT2D eigenvalue weighted by molar-refractivity contribution is 0.461. The Kier molecular flexibility index (Phi) is 2.48. The molecule has 82 valence electrons. The topological polar surface area (TPSA) is 40.5 Å². The number of benzene rings is 2. The molecule has 0 aliphatic carbocycles. The van der Waals surface area contributed by atoms with Gasteiger partial charge in [-0.15, -0.1) is 0 Å². The van der Waals surface area contributed by atoms with Crippen molar-refractivity contribution in [2.75, 3.05) is 0 Å². The van der Waals surface area contributed by atoms with E-state index in [1.807, 2.05) is 0 Å². The van der Waals surface area contributed by atoms with Gasteiger partial charge in [-0.2, -0.15) is 0 Å². The molecule has 2 nitrogen and oxygen atoms in total. The number of hydrogen-bond donors (Lipinski definition) is 2. The van der Waals surface area contributed by atoms with Crippen LogP contribution in [0.5, 0.6) is 11.5 Å². The summed E-state index contributed by atoms with van der Waals surface area (Å²) in [7, 11) is 0. The van der Waals surface area contributed by atoms with Crippen LogP contribution < -0.4 is 0 Å². The van der Waals surface area contributed by atoms with Gasteiger partial charge in [0.1, 0.15) is 23.1 Å². The molecule has 0 aliphatic heterocycles. The summed E-state index contributed by atoms with van der Waals surface area (Å²) in [5, 5.41) is 18.0. The first-order valence-corrected chi connectivity index (χ1v) is 4.55. The minimum absolute atomic E-state index is 0.0170. The largest absolute Gasteiger partial charge is 0.508 e. The Balaban J connectivity index is 2.60. The summed E-state index contributed by atoms with van der Waals surface area (Å²) in [4.78, 5) is 0. The van der Waals surface area contributed by atoms with Gasteiger partial charge in [-0.25, -0.2) is 8.78 Å². The quantitative estimate of drug-likeness (QED) is 0.778.